The van der Waals surface area contributed by atoms with Gasteiger partial charge in [-0.2, -0.15) is 0 Å². The highest BCUT2D eigenvalue weighted by Gasteiger charge is 2.20. The van der Waals surface area contributed by atoms with Crippen molar-refractivity contribution in [1.29, 1.82) is 0 Å². The molecule has 0 unspecified atom stereocenters. The van der Waals surface area contributed by atoms with Crippen LogP contribution >= 0.6 is 23.2 Å². The number of benzene rings is 1. The summed E-state index contributed by atoms with van der Waals surface area (Å²) in [5.74, 6) is -0.664. The SMILES string of the molecule is CC(=O)Oc1ccc(C(=O)c2ccco2)c(Cl)c1Cl. The number of esters is 1. The lowest BCUT2D eigenvalue weighted by Crippen LogP contribution is -2.05. The highest BCUT2D eigenvalue weighted by molar-refractivity contribution is 6.45. The van der Waals surface area contributed by atoms with Crippen LogP contribution in [0.2, 0.25) is 10.0 Å². The molecule has 6 heteroatoms. The molecule has 0 amide bonds. The summed E-state index contributed by atoms with van der Waals surface area (Å²) in [5, 5.41) is 0.0242. The van der Waals surface area contributed by atoms with E-state index in [-0.39, 0.29) is 27.1 Å². The normalized spacial score (nSPS) is 10.3. The van der Waals surface area contributed by atoms with Gasteiger partial charge < -0.3 is 9.15 Å². The Bertz CT molecular complexity index is 632. The second-order valence-corrected chi connectivity index (χ2v) is 4.40. The Kier molecular flexibility index (Phi) is 3.93. The van der Waals surface area contributed by atoms with Crippen molar-refractivity contribution < 1.29 is 18.7 Å². The van der Waals surface area contributed by atoms with Gasteiger partial charge in [-0.15, -0.1) is 0 Å². The summed E-state index contributed by atoms with van der Waals surface area (Å²) in [7, 11) is 0. The van der Waals surface area contributed by atoms with Crippen molar-refractivity contribution in [3.05, 3.63) is 51.9 Å². The molecule has 2 rings (SSSR count). The van der Waals surface area contributed by atoms with Crippen LogP contribution in [-0.4, -0.2) is 11.8 Å². The zero-order valence-electron chi connectivity index (χ0n) is 9.78. The molecule has 1 heterocycles. The maximum atomic E-state index is 12.1. The van der Waals surface area contributed by atoms with E-state index < -0.39 is 11.8 Å². The number of hydrogen-bond acceptors (Lipinski definition) is 4. The quantitative estimate of drug-likeness (QED) is 0.492. The van der Waals surface area contributed by atoms with Gasteiger partial charge in [-0.05, 0) is 24.3 Å². The summed E-state index contributed by atoms with van der Waals surface area (Å²) < 4.78 is 9.86. The van der Waals surface area contributed by atoms with Gasteiger partial charge in [0.1, 0.15) is 5.02 Å². The van der Waals surface area contributed by atoms with E-state index in [2.05, 4.69) is 0 Å². The van der Waals surface area contributed by atoms with Crippen molar-refractivity contribution >= 4 is 35.0 Å². The van der Waals surface area contributed by atoms with Crippen LogP contribution in [0.3, 0.4) is 0 Å². The van der Waals surface area contributed by atoms with Gasteiger partial charge in [0.25, 0.3) is 0 Å². The molecular formula is C13H8Cl2O4. The first-order valence-electron chi connectivity index (χ1n) is 5.25. The van der Waals surface area contributed by atoms with Gasteiger partial charge in [0, 0.05) is 12.5 Å². The molecule has 2 aromatic rings. The second-order valence-electron chi connectivity index (χ2n) is 3.64. The average molecular weight is 299 g/mol. The van der Waals surface area contributed by atoms with Crippen molar-refractivity contribution in [2.75, 3.05) is 0 Å². The molecule has 0 N–H and O–H groups in total. The standard InChI is InChI=1S/C13H8Cl2O4/c1-7(16)19-9-5-4-8(11(14)12(9)15)13(17)10-3-2-6-18-10/h2-6H,1H3. The lowest BCUT2D eigenvalue weighted by Gasteiger charge is -2.08. The summed E-state index contributed by atoms with van der Waals surface area (Å²) in [6, 6.07) is 5.95. The first-order valence-corrected chi connectivity index (χ1v) is 6.01. The highest BCUT2D eigenvalue weighted by Crippen LogP contribution is 2.35. The number of furan rings is 1. The number of rotatable bonds is 3. The Morgan fingerprint density at radius 3 is 2.47 bits per heavy atom. The fourth-order valence-corrected chi connectivity index (χ4v) is 1.93. The van der Waals surface area contributed by atoms with E-state index in [1.54, 1.807) is 6.07 Å². The molecule has 0 spiro atoms. The third kappa shape index (κ3) is 2.80. The number of hydrogen-bond donors (Lipinski definition) is 0. The number of ether oxygens (including phenoxy) is 1. The van der Waals surface area contributed by atoms with Gasteiger partial charge in [0.15, 0.2) is 11.5 Å². The molecule has 98 valence electrons. The zero-order chi connectivity index (χ0) is 14.0. The minimum absolute atomic E-state index is 0.00859. The van der Waals surface area contributed by atoms with Crippen LogP contribution in [0, 0.1) is 0 Å². The monoisotopic (exact) mass is 298 g/mol. The third-order valence-corrected chi connectivity index (χ3v) is 3.15. The minimum atomic E-state index is -0.525. The van der Waals surface area contributed by atoms with Crippen LogP contribution in [-0.2, 0) is 4.79 Å². The Labute approximate surface area is 118 Å². The van der Waals surface area contributed by atoms with Crippen LogP contribution in [0.25, 0.3) is 0 Å². The Morgan fingerprint density at radius 1 is 1.16 bits per heavy atom. The highest BCUT2D eigenvalue weighted by atomic mass is 35.5. The Hall–Kier alpha value is -1.78. The van der Waals surface area contributed by atoms with Crippen LogP contribution < -0.4 is 4.74 Å². The predicted molar refractivity (Wildman–Crippen MR) is 69.9 cm³/mol. The first kappa shape index (κ1) is 13.6. The molecular weight excluding hydrogens is 291 g/mol. The molecule has 1 aromatic carbocycles. The molecule has 4 nitrogen and oxygen atoms in total. The topological polar surface area (TPSA) is 56.5 Å². The fourth-order valence-electron chi connectivity index (χ4n) is 1.48. The van der Waals surface area contributed by atoms with Gasteiger partial charge in [0.05, 0.1) is 11.3 Å². The van der Waals surface area contributed by atoms with E-state index in [4.69, 9.17) is 32.4 Å². The fraction of sp³-hybridized carbons (Fsp3) is 0.0769. The Morgan fingerprint density at radius 2 is 1.89 bits per heavy atom. The van der Waals surface area contributed by atoms with Crippen molar-refractivity contribution in [3.63, 3.8) is 0 Å². The molecule has 1 aromatic heterocycles. The van der Waals surface area contributed by atoms with Crippen LogP contribution in [0.4, 0.5) is 0 Å². The zero-order valence-corrected chi connectivity index (χ0v) is 11.3. The van der Waals surface area contributed by atoms with Gasteiger partial charge in [-0.25, -0.2) is 0 Å². The van der Waals surface area contributed by atoms with Gasteiger partial charge in [0.2, 0.25) is 5.78 Å². The summed E-state index contributed by atoms with van der Waals surface area (Å²) in [5.41, 5.74) is 0.178. The van der Waals surface area contributed by atoms with Gasteiger partial charge in [-0.3, -0.25) is 9.59 Å². The molecule has 0 saturated carbocycles. The second kappa shape index (κ2) is 5.47. The van der Waals surface area contributed by atoms with Crippen molar-refractivity contribution in [2.24, 2.45) is 0 Å². The van der Waals surface area contributed by atoms with Crippen molar-refractivity contribution in [3.8, 4) is 5.75 Å². The minimum Gasteiger partial charge on any atom is -0.461 e. The Balaban J connectivity index is 2.41. The summed E-state index contributed by atoms with van der Waals surface area (Å²) in [6.07, 6.45) is 1.38. The summed E-state index contributed by atoms with van der Waals surface area (Å²) in [4.78, 5) is 22.9. The molecule has 0 saturated heterocycles. The summed E-state index contributed by atoms with van der Waals surface area (Å²) >= 11 is 12.0. The molecule has 19 heavy (non-hydrogen) atoms. The van der Waals surface area contributed by atoms with Crippen molar-refractivity contribution in [1.82, 2.24) is 0 Å². The third-order valence-electron chi connectivity index (χ3n) is 2.29. The van der Waals surface area contributed by atoms with Crippen LogP contribution in [0.15, 0.2) is 34.9 Å². The lowest BCUT2D eigenvalue weighted by atomic mass is 10.1. The maximum Gasteiger partial charge on any atom is 0.308 e. The van der Waals surface area contributed by atoms with Crippen LogP contribution in [0.5, 0.6) is 5.75 Å². The molecule has 0 aliphatic rings. The smallest absolute Gasteiger partial charge is 0.308 e. The molecule has 0 aliphatic heterocycles. The molecule has 0 bridgehead atoms. The van der Waals surface area contributed by atoms with E-state index in [0.717, 1.165) is 0 Å². The van der Waals surface area contributed by atoms with Gasteiger partial charge >= 0.3 is 5.97 Å². The average Bonchev–Trinajstić information content (AvgIpc) is 2.88. The maximum absolute atomic E-state index is 12.1. The van der Waals surface area contributed by atoms with E-state index in [0.29, 0.717) is 0 Å². The number of halogens is 2. The summed E-state index contributed by atoms with van der Waals surface area (Å²) in [6.45, 7) is 1.24. The molecule has 0 atom stereocenters. The largest absolute Gasteiger partial charge is 0.461 e. The van der Waals surface area contributed by atoms with E-state index in [1.807, 2.05) is 0 Å². The van der Waals surface area contributed by atoms with Gasteiger partial charge in [-0.1, -0.05) is 23.2 Å². The lowest BCUT2D eigenvalue weighted by molar-refractivity contribution is -0.131. The van der Waals surface area contributed by atoms with E-state index in [9.17, 15) is 9.59 Å². The number of ketones is 1. The first-order chi connectivity index (χ1) is 9.00. The molecule has 0 fully saturated rings. The number of carbonyl (C=O) groups is 2. The molecule has 0 radical (unpaired) electrons. The number of carbonyl (C=O) groups excluding carboxylic acids is 2. The molecule has 0 aliphatic carbocycles. The predicted octanol–water partition coefficient (Wildman–Crippen LogP) is 3.74. The van der Waals surface area contributed by atoms with Crippen LogP contribution in [0.1, 0.15) is 23.0 Å². The van der Waals surface area contributed by atoms with E-state index >= 15 is 0 Å². The van der Waals surface area contributed by atoms with Crippen molar-refractivity contribution in [2.45, 2.75) is 6.92 Å². The van der Waals surface area contributed by atoms with E-state index in [1.165, 1.54) is 31.4 Å².